The largest absolute Gasteiger partial charge is 0.277 e. The quantitative estimate of drug-likeness (QED) is 0.681. The summed E-state index contributed by atoms with van der Waals surface area (Å²) < 4.78 is 42.9. The fourth-order valence-corrected chi connectivity index (χ4v) is 3.36. The number of para-hydroxylation sites is 1. The number of nitrogens with one attached hydrogen (secondary N) is 2. The van der Waals surface area contributed by atoms with E-state index in [1.54, 1.807) is 31.2 Å². The number of aromatic nitrogens is 2. The number of rotatable bonds is 6. The van der Waals surface area contributed by atoms with E-state index in [9.17, 15) is 17.6 Å². The molecule has 0 saturated carbocycles. The summed E-state index contributed by atoms with van der Waals surface area (Å²) in [5.41, 5.74) is 0.487. The predicted molar refractivity (Wildman–Crippen MR) is 96.7 cm³/mol. The van der Waals surface area contributed by atoms with Crippen LogP contribution < -0.4 is 15.0 Å². The summed E-state index contributed by atoms with van der Waals surface area (Å²) >= 11 is 0. The molecule has 2 N–H and O–H groups in total. The maximum atomic E-state index is 13.2. The molecule has 7 nitrogen and oxygen atoms in total. The van der Waals surface area contributed by atoms with Gasteiger partial charge in [0.1, 0.15) is 11.6 Å². The van der Waals surface area contributed by atoms with Crippen molar-refractivity contribution in [2.45, 2.75) is 13.5 Å². The summed E-state index contributed by atoms with van der Waals surface area (Å²) in [5, 5.41) is 0.384. The Morgan fingerprint density at radius 1 is 1.08 bits per heavy atom. The molecule has 0 fully saturated rings. The van der Waals surface area contributed by atoms with Crippen molar-refractivity contribution in [3.05, 3.63) is 70.5 Å². The molecule has 3 rings (SSSR count). The van der Waals surface area contributed by atoms with E-state index in [1.165, 1.54) is 28.8 Å². The topological polar surface area (TPSA) is 93.1 Å². The van der Waals surface area contributed by atoms with Crippen LogP contribution in [0.3, 0.4) is 0 Å². The van der Waals surface area contributed by atoms with Gasteiger partial charge in [0.05, 0.1) is 23.1 Å². The number of fused-ring (bicyclic) bond motifs is 1. The lowest BCUT2D eigenvalue weighted by molar-refractivity contribution is 0.565. The van der Waals surface area contributed by atoms with Crippen molar-refractivity contribution in [1.82, 2.24) is 19.0 Å². The zero-order valence-corrected chi connectivity index (χ0v) is 14.8. The summed E-state index contributed by atoms with van der Waals surface area (Å²) in [7, 11) is -3.72. The van der Waals surface area contributed by atoms with E-state index in [0.29, 0.717) is 16.6 Å². The van der Waals surface area contributed by atoms with Crippen LogP contribution in [0.1, 0.15) is 12.7 Å². The number of hydrogen-bond donors (Lipinski definition) is 2. The van der Waals surface area contributed by atoms with Crippen LogP contribution in [0.5, 0.6) is 0 Å². The highest BCUT2D eigenvalue weighted by Crippen LogP contribution is 2.14. The van der Waals surface area contributed by atoms with Crippen molar-refractivity contribution in [3.8, 4) is 5.69 Å². The standard InChI is InChI=1S/C17H17FN4O3S/c1-2-19-26(24,25)20-11-16-21-15-6-4-3-5-14(15)17(23)22(16)13-9-7-12(18)8-10-13/h3-10,19-20H,2,11H2,1H3. The van der Waals surface area contributed by atoms with Crippen LogP contribution in [0.4, 0.5) is 4.39 Å². The van der Waals surface area contributed by atoms with Gasteiger partial charge in [0, 0.05) is 6.54 Å². The zero-order chi connectivity index (χ0) is 18.7. The van der Waals surface area contributed by atoms with E-state index >= 15 is 0 Å². The van der Waals surface area contributed by atoms with Crippen molar-refractivity contribution in [1.29, 1.82) is 0 Å². The molecule has 1 aromatic heterocycles. The van der Waals surface area contributed by atoms with Gasteiger partial charge in [0.2, 0.25) is 0 Å². The maximum absolute atomic E-state index is 13.2. The molecule has 0 spiro atoms. The molecule has 0 aliphatic carbocycles. The van der Waals surface area contributed by atoms with Gasteiger partial charge in [-0.3, -0.25) is 9.36 Å². The molecule has 0 radical (unpaired) electrons. The Morgan fingerprint density at radius 2 is 1.77 bits per heavy atom. The van der Waals surface area contributed by atoms with Crippen LogP contribution in [-0.2, 0) is 16.8 Å². The molecule has 0 aliphatic heterocycles. The minimum Gasteiger partial charge on any atom is -0.268 e. The number of nitrogens with zero attached hydrogens (tertiary/aromatic N) is 2. The normalized spacial score (nSPS) is 11.8. The molecule has 0 bridgehead atoms. The lowest BCUT2D eigenvalue weighted by Crippen LogP contribution is -2.37. The van der Waals surface area contributed by atoms with Crippen LogP contribution >= 0.6 is 0 Å². The van der Waals surface area contributed by atoms with Gasteiger partial charge < -0.3 is 0 Å². The molecule has 26 heavy (non-hydrogen) atoms. The maximum Gasteiger partial charge on any atom is 0.277 e. The second-order valence-electron chi connectivity index (χ2n) is 5.48. The van der Waals surface area contributed by atoms with E-state index < -0.39 is 16.0 Å². The minimum atomic E-state index is -3.72. The molecule has 0 unspecified atom stereocenters. The van der Waals surface area contributed by atoms with Crippen molar-refractivity contribution < 1.29 is 12.8 Å². The fourth-order valence-electron chi connectivity index (χ4n) is 2.55. The van der Waals surface area contributed by atoms with E-state index in [-0.39, 0.29) is 24.5 Å². The molecular formula is C17H17FN4O3S. The van der Waals surface area contributed by atoms with Gasteiger partial charge in [0.15, 0.2) is 0 Å². The Hall–Kier alpha value is -2.62. The monoisotopic (exact) mass is 376 g/mol. The number of hydrogen-bond acceptors (Lipinski definition) is 4. The Labute approximate surface area is 149 Å². The Bertz CT molecular complexity index is 1100. The Morgan fingerprint density at radius 3 is 2.46 bits per heavy atom. The van der Waals surface area contributed by atoms with E-state index in [4.69, 9.17) is 0 Å². The molecule has 0 amide bonds. The highest BCUT2D eigenvalue weighted by atomic mass is 32.2. The zero-order valence-electron chi connectivity index (χ0n) is 13.9. The first-order valence-corrected chi connectivity index (χ1v) is 9.40. The second kappa shape index (κ2) is 7.32. The average molecular weight is 376 g/mol. The van der Waals surface area contributed by atoms with Crippen LogP contribution in [0.15, 0.2) is 53.3 Å². The molecule has 9 heteroatoms. The van der Waals surface area contributed by atoms with Crippen molar-refractivity contribution in [2.75, 3.05) is 6.54 Å². The molecule has 0 saturated heterocycles. The highest BCUT2D eigenvalue weighted by Gasteiger charge is 2.15. The average Bonchev–Trinajstić information content (AvgIpc) is 2.61. The van der Waals surface area contributed by atoms with Crippen molar-refractivity contribution >= 4 is 21.1 Å². The first kappa shape index (κ1) is 18.2. The van der Waals surface area contributed by atoms with Crippen LogP contribution in [0, 0.1) is 5.82 Å². The summed E-state index contributed by atoms with van der Waals surface area (Å²) in [5.74, 6) is -0.244. The predicted octanol–water partition coefficient (Wildman–Crippen LogP) is 1.47. The third-order valence-corrected chi connectivity index (χ3v) is 4.88. The lowest BCUT2D eigenvalue weighted by atomic mass is 10.2. The fraction of sp³-hybridized carbons (Fsp3) is 0.176. The Kier molecular flexibility index (Phi) is 5.12. The van der Waals surface area contributed by atoms with Gasteiger partial charge in [-0.2, -0.15) is 13.1 Å². The first-order chi connectivity index (χ1) is 12.4. The summed E-state index contributed by atoms with van der Waals surface area (Å²) in [6.45, 7) is 1.68. The van der Waals surface area contributed by atoms with E-state index in [0.717, 1.165) is 0 Å². The molecular weight excluding hydrogens is 359 g/mol. The van der Waals surface area contributed by atoms with E-state index in [2.05, 4.69) is 14.4 Å². The molecule has 3 aromatic rings. The molecule has 0 atom stereocenters. The van der Waals surface area contributed by atoms with Gasteiger partial charge in [-0.05, 0) is 36.4 Å². The summed E-state index contributed by atoms with van der Waals surface area (Å²) in [6.07, 6.45) is 0. The van der Waals surface area contributed by atoms with Crippen molar-refractivity contribution in [2.24, 2.45) is 0 Å². The third kappa shape index (κ3) is 3.79. The summed E-state index contributed by atoms with van der Waals surface area (Å²) in [4.78, 5) is 17.3. The summed E-state index contributed by atoms with van der Waals surface area (Å²) in [6, 6.07) is 12.1. The third-order valence-electron chi connectivity index (χ3n) is 3.68. The van der Waals surface area contributed by atoms with Crippen molar-refractivity contribution in [3.63, 3.8) is 0 Å². The van der Waals surface area contributed by atoms with Gasteiger partial charge in [-0.25, -0.2) is 14.1 Å². The van der Waals surface area contributed by atoms with Gasteiger partial charge in [0.25, 0.3) is 15.8 Å². The molecule has 0 aliphatic rings. The lowest BCUT2D eigenvalue weighted by Gasteiger charge is -2.14. The van der Waals surface area contributed by atoms with Crippen LogP contribution in [0.25, 0.3) is 16.6 Å². The van der Waals surface area contributed by atoms with Gasteiger partial charge >= 0.3 is 0 Å². The van der Waals surface area contributed by atoms with E-state index in [1.807, 2.05) is 0 Å². The molecule has 1 heterocycles. The second-order valence-corrected chi connectivity index (χ2v) is 7.07. The van der Waals surface area contributed by atoms with Gasteiger partial charge in [-0.15, -0.1) is 0 Å². The smallest absolute Gasteiger partial charge is 0.268 e. The SMILES string of the molecule is CCNS(=O)(=O)NCc1nc2ccccc2c(=O)n1-c1ccc(F)cc1. The molecule has 136 valence electrons. The molecule has 2 aromatic carbocycles. The Balaban J connectivity index is 2.15. The van der Waals surface area contributed by atoms with Crippen LogP contribution in [-0.4, -0.2) is 24.5 Å². The number of benzene rings is 2. The number of halogens is 1. The van der Waals surface area contributed by atoms with Gasteiger partial charge in [-0.1, -0.05) is 19.1 Å². The highest BCUT2D eigenvalue weighted by molar-refractivity contribution is 7.87. The first-order valence-electron chi connectivity index (χ1n) is 7.92. The minimum absolute atomic E-state index is 0.196. The van der Waals surface area contributed by atoms with Crippen LogP contribution in [0.2, 0.25) is 0 Å².